The molecule has 0 atom stereocenters. The minimum Gasteiger partial charge on any atom is -0.452 e. The lowest BCUT2D eigenvalue weighted by molar-refractivity contribution is -0.126. The Morgan fingerprint density at radius 1 is 1.09 bits per heavy atom. The number of ether oxygens (including phenoxy) is 1. The van der Waals surface area contributed by atoms with E-state index in [4.69, 9.17) is 4.74 Å². The second kappa shape index (κ2) is 7.16. The molecular formula is C19H29NO3. The summed E-state index contributed by atoms with van der Waals surface area (Å²) in [6, 6.07) is 5.51. The molecule has 1 aromatic carbocycles. The number of benzene rings is 1. The fourth-order valence-corrected chi connectivity index (χ4v) is 3.03. The van der Waals surface area contributed by atoms with Crippen LogP contribution in [0, 0.1) is 19.3 Å². The molecule has 128 valence electrons. The summed E-state index contributed by atoms with van der Waals surface area (Å²) < 4.78 is 5.14. The maximum absolute atomic E-state index is 12.1. The number of rotatable bonds is 5. The lowest BCUT2D eigenvalue weighted by Gasteiger charge is -2.33. The van der Waals surface area contributed by atoms with Crippen LogP contribution in [-0.4, -0.2) is 24.0 Å². The molecule has 4 nitrogen and oxygen atoms in total. The molecule has 0 spiro atoms. The van der Waals surface area contributed by atoms with Gasteiger partial charge in [0.1, 0.15) is 0 Å². The standard InChI is InChI=1S/C19H29NO3/c1-13-8-9-15(14(2)10-13)17(22)23-11-16(21)20-19(6,7)12-18(3,4)5/h8-10H,11-12H2,1-7H3,(H,20,21). The third kappa shape index (κ3) is 6.85. The van der Waals surface area contributed by atoms with E-state index in [1.807, 2.05) is 39.8 Å². The van der Waals surface area contributed by atoms with Gasteiger partial charge in [-0.25, -0.2) is 4.79 Å². The van der Waals surface area contributed by atoms with Crippen molar-refractivity contribution in [2.45, 2.75) is 60.4 Å². The van der Waals surface area contributed by atoms with Crippen LogP contribution in [0.4, 0.5) is 0 Å². The van der Waals surface area contributed by atoms with Gasteiger partial charge in [-0.1, -0.05) is 38.5 Å². The van der Waals surface area contributed by atoms with Gasteiger partial charge in [0.05, 0.1) is 5.56 Å². The zero-order valence-corrected chi connectivity index (χ0v) is 15.4. The quantitative estimate of drug-likeness (QED) is 0.840. The Hall–Kier alpha value is -1.84. The molecule has 0 bridgehead atoms. The third-order valence-corrected chi connectivity index (χ3v) is 3.39. The number of carbonyl (C=O) groups is 2. The molecular weight excluding hydrogens is 290 g/mol. The van der Waals surface area contributed by atoms with Crippen molar-refractivity contribution < 1.29 is 14.3 Å². The average Bonchev–Trinajstić information content (AvgIpc) is 2.32. The van der Waals surface area contributed by atoms with Gasteiger partial charge in [-0.3, -0.25) is 4.79 Å². The van der Waals surface area contributed by atoms with Gasteiger partial charge < -0.3 is 10.1 Å². The first-order chi connectivity index (χ1) is 10.4. The largest absolute Gasteiger partial charge is 0.452 e. The van der Waals surface area contributed by atoms with Gasteiger partial charge in [0, 0.05) is 5.54 Å². The SMILES string of the molecule is Cc1ccc(C(=O)OCC(=O)NC(C)(C)CC(C)(C)C)c(C)c1. The third-order valence-electron chi connectivity index (χ3n) is 3.39. The highest BCUT2D eigenvalue weighted by atomic mass is 16.5. The van der Waals surface area contributed by atoms with E-state index < -0.39 is 5.97 Å². The van der Waals surface area contributed by atoms with Crippen LogP contribution in [0.5, 0.6) is 0 Å². The number of amides is 1. The van der Waals surface area contributed by atoms with Crippen LogP contribution in [0.15, 0.2) is 18.2 Å². The summed E-state index contributed by atoms with van der Waals surface area (Å²) >= 11 is 0. The molecule has 1 N–H and O–H groups in total. The minimum atomic E-state index is -0.466. The van der Waals surface area contributed by atoms with E-state index in [9.17, 15) is 9.59 Å². The van der Waals surface area contributed by atoms with E-state index in [-0.39, 0.29) is 23.5 Å². The van der Waals surface area contributed by atoms with Crippen LogP contribution in [-0.2, 0) is 9.53 Å². The molecule has 0 aliphatic heterocycles. The topological polar surface area (TPSA) is 55.4 Å². The molecule has 1 aromatic rings. The number of hydrogen-bond donors (Lipinski definition) is 1. The summed E-state index contributed by atoms with van der Waals surface area (Å²) in [7, 11) is 0. The van der Waals surface area contributed by atoms with Crippen LogP contribution in [0.2, 0.25) is 0 Å². The zero-order valence-electron chi connectivity index (χ0n) is 15.4. The normalized spacial score (nSPS) is 12.0. The predicted octanol–water partition coefficient (Wildman–Crippen LogP) is 3.79. The maximum atomic E-state index is 12.1. The number of esters is 1. The van der Waals surface area contributed by atoms with Crippen LogP contribution >= 0.6 is 0 Å². The van der Waals surface area contributed by atoms with Gasteiger partial charge in [0.15, 0.2) is 6.61 Å². The van der Waals surface area contributed by atoms with E-state index in [0.717, 1.165) is 17.5 Å². The van der Waals surface area contributed by atoms with Gasteiger partial charge in [0.2, 0.25) is 0 Å². The smallest absolute Gasteiger partial charge is 0.338 e. The summed E-state index contributed by atoms with van der Waals surface area (Å²) in [5.41, 5.74) is 2.19. The summed E-state index contributed by atoms with van der Waals surface area (Å²) in [5, 5.41) is 2.93. The molecule has 0 radical (unpaired) electrons. The summed E-state index contributed by atoms with van der Waals surface area (Å²) in [6.07, 6.45) is 0.830. The molecule has 0 saturated heterocycles. The summed E-state index contributed by atoms with van der Waals surface area (Å²) in [5.74, 6) is -0.747. The molecule has 0 unspecified atom stereocenters. The highest BCUT2D eigenvalue weighted by Crippen LogP contribution is 2.26. The number of aryl methyl sites for hydroxylation is 2. The first kappa shape index (κ1) is 19.2. The molecule has 4 heteroatoms. The zero-order chi connectivity index (χ0) is 17.8. The molecule has 1 amide bonds. The second-order valence-electron chi connectivity index (χ2n) is 8.06. The fraction of sp³-hybridized carbons (Fsp3) is 0.579. The Bertz CT molecular complexity index is 583. The van der Waals surface area contributed by atoms with E-state index >= 15 is 0 Å². The molecule has 0 aromatic heterocycles. The van der Waals surface area contributed by atoms with Crippen molar-refractivity contribution in [3.05, 3.63) is 34.9 Å². The second-order valence-corrected chi connectivity index (χ2v) is 8.06. The van der Waals surface area contributed by atoms with Crippen molar-refractivity contribution >= 4 is 11.9 Å². The summed E-state index contributed by atoms with van der Waals surface area (Å²) in [4.78, 5) is 24.1. The van der Waals surface area contributed by atoms with Crippen molar-refractivity contribution in [2.24, 2.45) is 5.41 Å². The van der Waals surface area contributed by atoms with Crippen molar-refractivity contribution in [1.82, 2.24) is 5.32 Å². The fourth-order valence-electron chi connectivity index (χ4n) is 3.03. The number of nitrogens with one attached hydrogen (secondary N) is 1. The van der Waals surface area contributed by atoms with E-state index in [1.54, 1.807) is 6.07 Å². The molecule has 1 rings (SSSR count). The number of hydrogen-bond acceptors (Lipinski definition) is 3. The monoisotopic (exact) mass is 319 g/mol. The van der Waals surface area contributed by atoms with Crippen LogP contribution in [0.25, 0.3) is 0 Å². The van der Waals surface area contributed by atoms with Gasteiger partial charge in [-0.05, 0) is 51.2 Å². The van der Waals surface area contributed by atoms with Crippen LogP contribution in [0.3, 0.4) is 0 Å². The number of carbonyl (C=O) groups excluding carboxylic acids is 2. The Balaban J connectivity index is 2.57. The molecule has 0 saturated carbocycles. The lowest BCUT2D eigenvalue weighted by atomic mass is 9.82. The highest BCUT2D eigenvalue weighted by molar-refractivity contribution is 5.92. The Labute approximate surface area is 139 Å². The van der Waals surface area contributed by atoms with Crippen molar-refractivity contribution in [2.75, 3.05) is 6.61 Å². The predicted molar refractivity (Wildman–Crippen MR) is 92.5 cm³/mol. The average molecular weight is 319 g/mol. The highest BCUT2D eigenvalue weighted by Gasteiger charge is 2.27. The Kier molecular flexibility index (Phi) is 5.98. The van der Waals surface area contributed by atoms with Gasteiger partial charge in [0.25, 0.3) is 5.91 Å². The molecule has 0 heterocycles. The summed E-state index contributed by atoms with van der Waals surface area (Å²) in [6.45, 7) is 13.9. The van der Waals surface area contributed by atoms with Gasteiger partial charge >= 0.3 is 5.97 Å². The van der Waals surface area contributed by atoms with E-state index in [1.165, 1.54) is 0 Å². The van der Waals surface area contributed by atoms with Crippen LogP contribution < -0.4 is 5.32 Å². The van der Waals surface area contributed by atoms with Gasteiger partial charge in [-0.2, -0.15) is 0 Å². The first-order valence-electron chi connectivity index (χ1n) is 7.95. The van der Waals surface area contributed by atoms with E-state index in [2.05, 4.69) is 26.1 Å². The maximum Gasteiger partial charge on any atom is 0.338 e. The molecule has 0 fully saturated rings. The van der Waals surface area contributed by atoms with Crippen molar-refractivity contribution in [1.29, 1.82) is 0 Å². The van der Waals surface area contributed by atoms with Crippen LogP contribution in [0.1, 0.15) is 62.5 Å². The molecule has 0 aliphatic carbocycles. The molecule has 23 heavy (non-hydrogen) atoms. The lowest BCUT2D eigenvalue weighted by Crippen LogP contribution is -2.47. The first-order valence-corrected chi connectivity index (χ1v) is 7.95. The Morgan fingerprint density at radius 3 is 2.22 bits per heavy atom. The molecule has 0 aliphatic rings. The van der Waals surface area contributed by atoms with E-state index in [0.29, 0.717) is 5.56 Å². The van der Waals surface area contributed by atoms with Gasteiger partial charge in [-0.15, -0.1) is 0 Å². The van der Waals surface area contributed by atoms with Crippen molar-refractivity contribution in [3.63, 3.8) is 0 Å². The van der Waals surface area contributed by atoms with Crippen molar-refractivity contribution in [3.8, 4) is 0 Å². The Morgan fingerprint density at radius 2 is 1.70 bits per heavy atom. The minimum absolute atomic E-state index is 0.104.